The molecular weight excluding hydrogens is 390 g/mol. The van der Waals surface area contributed by atoms with Crippen LogP contribution in [-0.2, 0) is 21.4 Å². The van der Waals surface area contributed by atoms with E-state index in [1.165, 1.54) is 0 Å². The monoisotopic (exact) mass is 411 g/mol. The summed E-state index contributed by atoms with van der Waals surface area (Å²) in [5.41, 5.74) is 1.52. The predicted molar refractivity (Wildman–Crippen MR) is 112 cm³/mol. The predicted octanol–water partition coefficient (Wildman–Crippen LogP) is 2.30. The average Bonchev–Trinajstić information content (AvgIpc) is 2.71. The van der Waals surface area contributed by atoms with Crippen molar-refractivity contribution in [2.75, 3.05) is 26.5 Å². The summed E-state index contributed by atoms with van der Waals surface area (Å²) >= 11 is 0. The van der Waals surface area contributed by atoms with Crippen molar-refractivity contribution in [2.45, 2.75) is 6.54 Å². The van der Waals surface area contributed by atoms with Gasteiger partial charge in [0.1, 0.15) is 11.6 Å². The quantitative estimate of drug-likeness (QED) is 0.771. The van der Waals surface area contributed by atoms with Crippen molar-refractivity contribution in [3.63, 3.8) is 0 Å². The largest absolute Gasteiger partial charge is 0.497 e. The molecule has 0 bridgehead atoms. The van der Waals surface area contributed by atoms with Crippen molar-refractivity contribution in [1.82, 2.24) is 9.80 Å². The molecule has 1 amide bonds. The molecule has 2 aliphatic rings. The Morgan fingerprint density at radius 2 is 1.93 bits per heavy atom. The average molecular weight is 411 g/mol. The third kappa shape index (κ3) is 4.02. The van der Waals surface area contributed by atoms with Crippen molar-refractivity contribution in [3.05, 3.63) is 65.9 Å². The van der Waals surface area contributed by atoms with Gasteiger partial charge in [0.05, 0.1) is 18.4 Å². The van der Waals surface area contributed by atoms with Crippen LogP contribution in [0.5, 0.6) is 5.75 Å². The lowest BCUT2D eigenvalue weighted by atomic mass is 10.1. The molecule has 0 saturated heterocycles. The molecule has 8 heteroatoms. The number of hydrogen-bond acceptors (Lipinski definition) is 5. The van der Waals surface area contributed by atoms with Crippen LogP contribution in [0.25, 0.3) is 10.8 Å². The molecule has 0 N–H and O–H groups in total. The first kappa shape index (κ1) is 19.2. The van der Waals surface area contributed by atoms with Gasteiger partial charge in [0.25, 0.3) is 15.9 Å². The maximum Gasteiger partial charge on any atom is 0.256 e. The Balaban J connectivity index is 1.50. The number of fused-ring (bicyclic) bond motifs is 2. The minimum Gasteiger partial charge on any atom is -0.497 e. The van der Waals surface area contributed by atoms with Gasteiger partial charge in [-0.25, -0.2) is 8.42 Å². The molecule has 2 aromatic rings. The summed E-state index contributed by atoms with van der Waals surface area (Å²) in [6, 6.07) is 12.0. The highest BCUT2D eigenvalue weighted by Crippen LogP contribution is 2.23. The standard InChI is InChI=1S/C21H21N3O4S/c1-23(13-15-3-4-17-12-19(28-2)7-5-16(17)11-15)21(25)18-6-8-20-22-29(26,27)10-9-24(20)14-18/h3-8,11-12,14H,9-10,13H2,1-2H3. The highest BCUT2D eigenvalue weighted by molar-refractivity contribution is 7.90. The number of likely N-dealkylation sites (N-methyl/N-ethyl adjacent to an activating group) is 1. The Bertz CT molecular complexity index is 1180. The second-order valence-corrected chi connectivity index (χ2v) is 8.81. The lowest BCUT2D eigenvalue weighted by Gasteiger charge is -2.28. The highest BCUT2D eigenvalue weighted by Gasteiger charge is 2.25. The second-order valence-electron chi connectivity index (χ2n) is 7.06. The molecule has 0 atom stereocenters. The maximum absolute atomic E-state index is 12.9. The van der Waals surface area contributed by atoms with E-state index in [1.807, 2.05) is 30.3 Å². The Morgan fingerprint density at radius 3 is 2.72 bits per heavy atom. The minimum atomic E-state index is -3.41. The molecule has 0 radical (unpaired) electrons. The lowest BCUT2D eigenvalue weighted by molar-refractivity contribution is -0.126. The molecule has 0 saturated carbocycles. The van der Waals surface area contributed by atoms with E-state index in [1.54, 1.807) is 42.3 Å². The van der Waals surface area contributed by atoms with E-state index in [0.29, 0.717) is 24.5 Å². The number of carbonyl (C=O) groups excluding carboxylic acids is 1. The van der Waals surface area contributed by atoms with Gasteiger partial charge < -0.3 is 14.5 Å². The van der Waals surface area contributed by atoms with Crippen LogP contribution in [0.2, 0.25) is 0 Å². The third-order valence-corrected chi connectivity index (χ3v) is 6.11. The van der Waals surface area contributed by atoms with Gasteiger partial charge in [-0.05, 0) is 46.7 Å². The van der Waals surface area contributed by atoms with Gasteiger partial charge >= 0.3 is 0 Å². The van der Waals surface area contributed by atoms with Crippen molar-refractivity contribution in [1.29, 1.82) is 0 Å². The van der Waals surface area contributed by atoms with E-state index >= 15 is 0 Å². The smallest absolute Gasteiger partial charge is 0.256 e. The normalized spacial score (nSPS) is 17.4. The number of rotatable bonds is 4. The molecule has 7 nitrogen and oxygen atoms in total. The molecule has 0 spiro atoms. The lowest BCUT2D eigenvalue weighted by Crippen LogP contribution is -2.38. The highest BCUT2D eigenvalue weighted by atomic mass is 32.2. The Labute approximate surface area is 169 Å². The van der Waals surface area contributed by atoms with Gasteiger partial charge in [-0.1, -0.05) is 18.2 Å². The van der Waals surface area contributed by atoms with Gasteiger partial charge in [0, 0.05) is 26.3 Å². The number of amides is 1. The van der Waals surface area contributed by atoms with Crippen LogP contribution < -0.4 is 4.74 Å². The van der Waals surface area contributed by atoms with Crippen LogP contribution in [0.15, 0.2) is 64.7 Å². The molecule has 150 valence electrons. The fraction of sp³-hybridized carbons (Fsp3) is 0.238. The van der Waals surface area contributed by atoms with Gasteiger partial charge in [-0.2, -0.15) is 0 Å². The zero-order chi connectivity index (χ0) is 20.6. The molecule has 29 heavy (non-hydrogen) atoms. The molecule has 0 unspecified atom stereocenters. The van der Waals surface area contributed by atoms with Crippen LogP contribution in [0.1, 0.15) is 5.56 Å². The zero-order valence-corrected chi connectivity index (χ0v) is 17.0. The number of hydrogen-bond donors (Lipinski definition) is 0. The molecule has 2 aromatic carbocycles. The summed E-state index contributed by atoms with van der Waals surface area (Å²) in [6.07, 6.45) is 4.85. The molecule has 2 aliphatic heterocycles. The number of carbonyl (C=O) groups is 1. The molecule has 2 heterocycles. The summed E-state index contributed by atoms with van der Waals surface area (Å²) < 4.78 is 32.2. The van der Waals surface area contributed by atoms with Crippen molar-refractivity contribution in [2.24, 2.45) is 4.40 Å². The topological polar surface area (TPSA) is 79.3 Å². The molecule has 0 aliphatic carbocycles. The SMILES string of the molecule is COc1ccc2cc(CN(C)C(=O)C3=CN4CCS(=O)(=O)N=C4C=C3)ccc2c1. The van der Waals surface area contributed by atoms with Gasteiger partial charge in [-0.15, -0.1) is 4.40 Å². The van der Waals surface area contributed by atoms with Crippen molar-refractivity contribution >= 4 is 32.5 Å². The zero-order valence-electron chi connectivity index (χ0n) is 16.2. The van der Waals surface area contributed by atoms with E-state index in [4.69, 9.17) is 4.74 Å². The van der Waals surface area contributed by atoms with Crippen LogP contribution in [0.3, 0.4) is 0 Å². The number of sulfonamides is 1. The third-order valence-electron chi connectivity index (χ3n) is 4.95. The van der Waals surface area contributed by atoms with Crippen LogP contribution in [0.4, 0.5) is 0 Å². The van der Waals surface area contributed by atoms with E-state index in [9.17, 15) is 13.2 Å². The molecule has 0 fully saturated rings. The van der Waals surface area contributed by atoms with Crippen LogP contribution in [0, 0.1) is 0 Å². The van der Waals surface area contributed by atoms with E-state index in [-0.39, 0.29) is 11.7 Å². The Hall–Kier alpha value is -3.13. The fourth-order valence-corrected chi connectivity index (χ4v) is 4.36. The number of amidine groups is 1. The molecular formula is C21H21N3O4S. The number of methoxy groups -OCH3 is 1. The van der Waals surface area contributed by atoms with Gasteiger partial charge in [0.2, 0.25) is 0 Å². The molecule has 0 aromatic heterocycles. The fourth-order valence-electron chi connectivity index (χ4n) is 3.39. The number of benzene rings is 2. The number of nitrogens with zero attached hydrogens (tertiary/aromatic N) is 3. The Kier molecular flexibility index (Phi) is 4.87. The summed E-state index contributed by atoms with van der Waals surface area (Å²) in [6.45, 7) is 0.751. The number of ether oxygens (including phenoxy) is 1. The van der Waals surface area contributed by atoms with Crippen LogP contribution >= 0.6 is 0 Å². The first-order valence-corrected chi connectivity index (χ1v) is 10.8. The molecule has 4 rings (SSSR count). The first-order valence-electron chi connectivity index (χ1n) is 9.16. The van der Waals surface area contributed by atoms with E-state index in [0.717, 1.165) is 22.1 Å². The van der Waals surface area contributed by atoms with Crippen LogP contribution in [-0.4, -0.2) is 56.4 Å². The first-order chi connectivity index (χ1) is 13.8. The van der Waals surface area contributed by atoms with Gasteiger partial charge in [-0.3, -0.25) is 4.79 Å². The van der Waals surface area contributed by atoms with E-state index < -0.39 is 10.0 Å². The van der Waals surface area contributed by atoms with Gasteiger partial charge in [0.15, 0.2) is 0 Å². The summed E-state index contributed by atoms with van der Waals surface area (Å²) in [5.74, 6) is 0.964. The van der Waals surface area contributed by atoms with Crippen molar-refractivity contribution in [3.8, 4) is 5.75 Å². The Morgan fingerprint density at radius 1 is 1.17 bits per heavy atom. The van der Waals surface area contributed by atoms with Crippen molar-refractivity contribution < 1.29 is 17.9 Å². The minimum absolute atomic E-state index is 0.0555. The maximum atomic E-state index is 12.9. The summed E-state index contributed by atoms with van der Waals surface area (Å²) in [4.78, 5) is 16.2. The second kappa shape index (κ2) is 7.36. The summed E-state index contributed by atoms with van der Waals surface area (Å²) in [5, 5.41) is 2.16. The summed E-state index contributed by atoms with van der Waals surface area (Å²) in [7, 11) is -0.0173. The van der Waals surface area contributed by atoms with E-state index in [2.05, 4.69) is 10.5 Å².